The third kappa shape index (κ3) is 2.64. The van der Waals surface area contributed by atoms with Crippen molar-refractivity contribution in [1.29, 1.82) is 0 Å². The fourth-order valence-corrected chi connectivity index (χ4v) is 2.00. The fraction of sp³-hybridized carbons (Fsp3) is 0.417. The first-order valence-corrected chi connectivity index (χ1v) is 5.57. The van der Waals surface area contributed by atoms with Gasteiger partial charge < -0.3 is 10.0 Å². The van der Waals surface area contributed by atoms with Crippen LogP contribution in [0.3, 0.4) is 0 Å². The van der Waals surface area contributed by atoms with Gasteiger partial charge in [0.25, 0.3) is 0 Å². The Morgan fingerprint density at radius 3 is 2.72 bits per heavy atom. The van der Waals surface area contributed by atoms with E-state index in [9.17, 15) is 13.2 Å². The van der Waals surface area contributed by atoms with Gasteiger partial charge in [-0.2, -0.15) is 13.2 Å². The van der Waals surface area contributed by atoms with E-state index in [2.05, 4.69) is 4.98 Å². The Bertz CT molecular complexity index is 457. The lowest BCUT2D eigenvalue weighted by molar-refractivity contribution is -0.0944. The molecule has 6 heteroatoms. The first kappa shape index (κ1) is 12.9. The van der Waals surface area contributed by atoms with Gasteiger partial charge in [-0.05, 0) is 12.5 Å². The van der Waals surface area contributed by atoms with Crippen molar-refractivity contribution in [2.45, 2.75) is 19.2 Å². The fourth-order valence-electron chi connectivity index (χ4n) is 2.00. The van der Waals surface area contributed by atoms with Crippen molar-refractivity contribution >= 4 is 5.69 Å². The number of pyridine rings is 1. The van der Waals surface area contributed by atoms with Gasteiger partial charge in [-0.15, -0.1) is 0 Å². The molecular weight excluding hydrogens is 245 g/mol. The molecule has 0 radical (unpaired) electrons. The Balaban J connectivity index is 2.17. The molecule has 0 aromatic carbocycles. The highest BCUT2D eigenvalue weighted by molar-refractivity contribution is 5.53. The van der Waals surface area contributed by atoms with E-state index in [1.165, 1.54) is 12.3 Å². The largest absolute Gasteiger partial charge is 0.412 e. The summed E-state index contributed by atoms with van der Waals surface area (Å²) < 4.78 is 37.4. The summed E-state index contributed by atoms with van der Waals surface area (Å²) in [7, 11) is 0. The van der Waals surface area contributed by atoms with Crippen molar-refractivity contribution in [3.05, 3.63) is 35.7 Å². The summed E-state index contributed by atoms with van der Waals surface area (Å²) in [6, 6.07) is 1.71. The summed E-state index contributed by atoms with van der Waals surface area (Å²) in [5.41, 5.74) is 0.893. The molecule has 0 aliphatic carbocycles. The quantitative estimate of drug-likeness (QED) is 0.827. The number of anilines is 1. The predicted octanol–water partition coefficient (Wildman–Crippen LogP) is 2.27. The lowest BCUT2D eigenvalue weighted by Crippen LogP contribution is -2.32. The SMILES string of the molecule is OCc1cnccc1N1CC=C(C(F)(F)F)CC1. The molecule has 2 heterocycles. The lowest BCUT2D eigenvalue weighted by atomic mass is 10.1. The van der Waals surface area contributed by atoms with Crippen LogP contribution in [0.4, 0.5) is 18.9 Å². The van der Waals surface area contributed by atoms with Gasteiger partial charge in [0.1, 0.15) is 0 Å². The van der Waals surface area contributed by atoms with Crippen LogP contribution in [-0.2, 0) is 6.61 Å². The van der Waals surface area contributed by atoms with Crippen LogP contribution in [0.15, 0.2) is 30.1 Å². The van der Waals surface area contributed by atoms with Crippen LogP contribution in [0.5, 0.6) is 0 Å². The van der Waals surface area contributed by atoms with Crippen LogP contribution in [0.1, 0.15) is 12.0 Å². The van der Waals surface area contributed by atoms with Crippen molar-refractivity contribution in [3.8, 4) is 0 Å². The minimum absolute atomic E-state index is 0.0311. The van der Waals surface area contributed by atoms with E-state index in [0.29, 0.717) is 12.1 Å². The van der Waals surface area contributed by atoms with Gasteiger partial charge >= 0.3 is 6.18 Å². The van der Waals surface area contributed by atoms with Crippen LogP contribution in [0, 0.1) is 0 Å². The third-order valence-corrected chi connectivity index (χ3v) is 2.96. The average Bonchev–Trinajstić information content (AvgIpc) is 2.38. The van der Waals surface area contributed by atoms with Crippen LogP contribution in [0.2, 0.25) is 0 Å². The van der Waals surface area contributed by atoms with Crippen molar-refractivity contribution in [3.63, 3.8) is 0 Å². The van der Waals surface area contributed by atoms with Crippen molar-refractivity contribution in [2.24, 2.45) is 0 Å². The van der Waals surface area contributed by atoms with E-state index in [0.717, 1.165) is 5.69 Å². The molecule has 1 aromatic rings. The molecule has 1 N–H and O–H groups in total. The van der Waals surface area contributed by atoms with E-state index in [1.54, 1.807) is 12.3 Å². The lowest BCUT2D eigenvalue weighted by Gasteiger charge is -2.30. The number of hydrogen-bond donors (Lipinski definition) is 1. The zero-order chi connectivity index (χ0) is 13.2. The van der Waals surface area contributed by atoms with Crippen LogP contribution in [0.25, 0.3) is 0 Å². The Labute approximate surface area is 103 Å². The average molecular weight is 258 g/mol. The van der Waals surface area contributed by atoms with Crippen LogP contribution >= 0.6 is 0 Å². The second-order valence-electron chi connectivity index (χ2n) is 4.09. The summed E-state index contributed by atoms with van der Waals surface area (Å²) in [6.45, 7) is 0.323. The number of nitrogens with zero attached hydrogens (tertiary/aromatic N) is 2. The van der Waals surface area contributed by atoms with Crippen molar-refractivity contribution in [1.82, 2.24) is 4.98 Å². The second kappa shape index (κ2) is 4.97. The maximum absolute atomic E-state index is 12.5. The number of halogens is 3. The smallest absolute Gasteiger partial charge is 0.392 e. The first-order valence-electron chi connectivity index (χ1n) is 5.57. The van der Waals surface area contributed by atoms with Gasteiger partial charge in [0.05, 0.1) is 6.61 Å². The monoisotopic (exact) mass is 258 g/mol. The van der Waals surface area contributed by atoms with E-state index in [-0.39, 0.29) is 19.6 Å². The summed E-state index contributed by atoms with van der Waals surface area (Å²) in [5, 5.41) is 9.17. The molecule has 1 aliphatic rings. The molecule has 98 valence electrons. The molecule has 0 saturated carbocycles. The molecule has 0 unspecified atom stereocenters. The topological polar surface area (TPSA) is 36.4 Å². The number of aromatic nitrogens is 1. The number of aliphatic hydroxyl groups excluding tert-OH is 1. The molecule has 2 rings (SSSR count). The summed E-state index contributed by atoms with van der Waals surface area (Å²) >= 11 is 0. The maximum Gasteiger partial charge on any atom is 0.412 e. The highest BCUT2D eigenvalue weighted by Crippen LogP contribution is 2.32. The van der Waals surface area contributed by atoms with Gasteiger partial charge in [0, 0.05) is 42.3 Å². The highest BCUT2D eigenvalue weighted by Gasteiger charge is 2.34. The Hall–Kier alpha value is -1.56. The molecule has 0 atom stereocenters. The normalized spacial score (nSPS) is 16.7. The summed E-state index contributed by atoms with van der Waals surface area (Å²) in [5.74, 6) is 0. The molecule has 3 nitrogen and oxygen atoms in total. The Kier molecular flexibility index (Phi) is 3.56. The molecule has 18 heavy (non-hydrogen) atoms. The van der Waals surface area contributed by atoms with Gasteiger partial charge in [-0.1, -0.05) is 6.08 Å². The zero-order valence-corrected chi connectivity index (χ0v) is 9.61. The summed E-state index contributed by atoms with van der Waals surface area (Å²) in [6.07, 6.45) is 0.0295. The highest BCUT2D eigenvalue weighted by atomic mass is 19.4. The van der Waals surface area contributed by atoms with Crippen molar-refractivity contribution in [2.75, 3.05) is 18.0 Å². The van der Waals surface area contributed by atoms with Gasteiger partial charge in [0.15, 0.2) is 0 Å². The molecule has 0 bridgehead atoms. The first-order chi connectivity index (χ1) is 8.52. The van der Waals surface area contributed by atoms with Crippen molar-refractivity contribution < 1.29 is 18.3 Å². The van der Waals surface area contributed by atoms with E-state index >= 15 is 0 Å². The molecular formula is C12H13F3N2O. The van der Waals surface area contributed by atoms with Gasteiger partial charge in [-0.3, -0.25) is 4.98 Å². The zero-order valence-electron chi connectivity index (χ0n) is 9.61. The molecule has 0 spiro atoms. The molecule has 1 aliphatic heterocycles. The Morgan fingerprint density at radius 1 is 1.39 bits per heavy atom. The maximum atomic E-state index is 12.5. The number of aliphatic hydroxyl groups is 1. The van der Waals surface area contributed by atoms with Crippen LogP contribution < -0.4 is 4.90 Å². The van der Waals surface area contributed by atoms with Gasteiger partial charge in [-0.25, -0.2) is 0 Å². The Morgan fingerprint density at radius 2 is 2.17 bits per heavy atom. The predicted molar refractivity (Wildman–Crippen MR) is 61.1 cm³/mol. The molecule has 0 fully saturated rings. The number of hydrogen-bond acceptors (Lipinski definition) is 3. The number of rotatable bonds is 2. The minimum atomic E-state index is -4.23. The van der Waals surface area contributed by atoms with E-state index in [4.69, 9.17) is 5.11 Å². The van der Waals surface area contributed by atoms with Gasteiger partial charge in [0.2, 0.25) is 0 Å². The standard InChI is InChI=1S/C12H13F3N2O/c13-12(14,15)10-2-5-17(6-3-10)11-1-4-16-7-9(11)8-18/h1-2,4,7,18H,3,5-6,8H2. The van der Waals surface area contributed by atoms with Crippen LogP contribution in [-0.4, -0.2) is 29.4 Å². The van der Waals surface area contributed by atoms with E-state index < -0.39 is 11.7 Å². The minimum Gasteiger partial charge on any atom is -0.392 e. The number of alkyl halides is 3. The molecule has 0 amide bonds. The second-order valence-corrected chi connectivity index (χ2v) is 4.09. The third-order valence-electron chi connectivity index (χ3n) is 2.96. The molecule has 1 aromatic heterocycles. The van der Waals surface area contributed by atoms with E-state index in [1.807, 2.05) is 4.90 Å². The molecule has 0 saturated heterocycles. The summed E-state index contributed by atoms with van der Waals surface area (Å²) in [4.78, 5) is 5.69.